The molecule has 0 amide bonds. The van der Waals surface area contributed by atoms with E-state index in [0.29, 0.717) is 28.5 Å². The first kappa shape index (κ1) is 34.5. The molecule has 51 heavy (non-hydrogen) atoms. The van der Waals surface area contributed by atoms with Crippen LogP contribution in [0.25, 0.3) is 6.08 Å². The van der Waals surface area contributed by atoms with Gasteiger partial charge >= 0.3 is 0 Å². The molecule has 0 aliphatic heterocycles. The summed E-state index contributed by atoms with van der Waals surface area (Å²) in [6.45, 7) is 0. The number of Topliss-reactive ketones (excluding diaryl/α,β-unsaturated/α-hetero) is 1. The maximum Gasteiger partial charge on any atom is 0.296 e. The van der Waals surface area contributed by atoms with Gasteiger partial charge in [0.2, 0.25) is 5.78 Å². The predicted octanol–water partition coefficient (Wildman–Crippen LogP) is 5.06. The van der Waals surface area contributed by atoms with Gasteiger partial charge < -0.3 is 16.4 Å². The van der Waals surface area contributed by atoms with Crippen LogP contribution < -0.4 is 27.2 Å². The molecule has 17 heteroatoms. The largest absolute Gasteiger partial charge is 0.398 e. The third-order valence-corrected chi connectivity index (χ3v) is 9.09. The van der Waals surface area contributed by atoms with Gasteiger partial charge in [-0.05, 0) is 96.6 Å². The predicted molar refractivity (Wildman–Crippen MR) is 195 cm³/mol. The second-order valence-electron chi connectivity index (χ2n) is 11.0. The number of ketones is 2. The fraction of sp³-hybridized carbons (Fsp3) is 0. The number of benzene rings is 4. The molecule has 0 aromatic heterocycles. The summed E-state index contributed by atoms with van der Waals surface area (Å²) < 4.78 is 66.7. The number of rotatable bonds is 10. The number of allylic oxidation sites excluding steroid dienone is 4. The van der Waals surface area contributed by atoms with Crippen molar-refractivity contribution in [1.82, 2.24) is 0 Å². The highest BCUT2D eigenvalue weighted by molar-refractivity contribution is 7.91. The summed E-state index contributed by atoms with van der Waals surface area (Å²) in [6, 6.07) is 24.9. The average molecular weight is 726 g/mol. The number of anilines is 6. The number of hydrazone groups is 2. The van der Waals surface area contributed by atoms with Crippen molar-refractivity contribution in [2.24, 2.45) is 10.2 Å². The molecule has 0 saturated carbocycles. The zero-order chi connectivity index (χ0) is 36.3. The van der Waals surface area contributed by atoms with Crippen LogP contribution in [0, 0.1) is 0 Å². The van der Waals surface area contributed by atoms with Crippen molar-refractivity contribution in [2.75, 3.05) is 27.2 Å². The smallest absolute Gasteiger partial charge is 0.296 e. The fourth-order valence-corrected chi connectivity index (χ4v) is 6.19. The van der Waals surface area contributed by atoms with Crippen molar-refractivity contribution in [2.45, 2.75) is 4.90 Å². The Morgan fingerprint density at radius 1 is 0.627 bits per heavy atom. The Morgan fingerprint density at radius 3 is 1.78 bits per heavy atom. The molecule has 258 valence electrons. The van der Waals surface area contributed by atoms with Gasteiger partial charge in [0.05, 0.1) is 27.5 Å². The lowest BCUT2D eigenvalue weighted by Crippen LogP contribution is -2.28. The van der Waals surface area contributed by atoms with Crippen LogP contribution in [0.1, 0.15) is 15.9 Å². The summed E-state index contributed by atoms with van der Waals surface area (Å²) in [6.07, 6.45) is 5.37. The van der Waals surface area contributed by atoms with Gasteiger partial charge in [0.25, 0.3) is 20.2 Å². The van der Waals surface area contributed by atoms with E-state index in [-0.39, 0.29) is 22.6 Å². The van der Waals surface area contributed by atoms with Gasteiger partial charge in [-0.15, -0.1) is 0 Å². The average Bonchev–Trinajstić information content (AvgIpc) is 3.08. The van der Waals surface area contributed by atoms with E-state index in [9.17, 15) is 35.5 Å². The van der Waals surface area contributed by atoms with Crippen molar-refractivity contribution in [1.29, 1.82) is 0 Å². The van der Waals surface area contributed by atoms with E-state index in [1.807, 2.05) is 42.5 Å². The quantitative estimate of drug-likeness (QED) is 0.0490. The Hall–Kier alpha value is -6.40. The molecule has 15 nitrogen and oxygen atoms in total. The third kappa shape index (κ3) is 8.09. The molecule has 8 N–H and O–H groups in total. The molecule has 4 aromatic carbocycles. The van der Waals surface area contributed by atoms with Crippen LogP contribution in [0.5, 0.6) is 0 Å². The molecule has 6 rings (SSSR count). The van der Waals surface area contributed by atoms with E-state index in [2.05, 4.69) is 31.7 Å². The maximum atomic E-state index is 13.3. The first-order chi connectivity index (χ1) is 24.2. The van der Waals surface area contributed by atoms with E-state index in [1.54, 1.807) is 42.5 Å². The first-order valence-electron chi connectivity index (χ1n) is 14.8. The zero-order valence-corrected chi connectivity index (χ0v) is 27.7. The molecular formula is C34H27N7O8S2. The summed E-state index contributed by atoms with van der Waals surface area (Å²) in [5.74, 6) is -1.15. The molecule has 0 spiro atoms. The van der Waals surface area contributed by atoms with Crippen LogP contribution in [0.2, 0.25) is 0 Å². The number of nitrogens with one attached hydrogen (secondary N) is 4. The van der Waals surface area contributed by atoms with Gasteiger partial charge in [-0.1, -0.05) is 18.2 Å². The van der Waals surface area contributed by atoms with Crippen LogP contribution in [0.15, 0.2) is 135 Å². The molecule has 4 aromatic rings. The molecule has 0 bridgehead atoms. The van der Waals surface area contributed by atoms with Crippen LogP contribution >= 0.6 is 0 Å². The minimum atomic E-state index is -5.01. The summed E-state index contributed by atoms with van der Waals surface area (Å²) >= 11 is 0. The van der Waals surface area contributed by atoms with E-state index >= 15 is 0 Å². The molecule has 0 fully saturated rings. The lowest BCUT2D eigenvalue weighted by molar-refractivity contribution is -0.110. The minimum Gasteiger partial charge on any atom is -0.398 e. The molecule has 2 aliphatic carbocycles. The molecular weight excluding hydrogens is 699 g/mol. The maximum absolute atomic E-state index is 13.3. The normalized spacial score (nSPS) is 16.0. The Balaban J connectivity index is 1.12. The molecule has 0 saturated heterocycles. The number of para-hydroxylation sites is 1. The Kier molecular flexibility index (Phi) is 9.35. The minimum absolute atomic E-state index is 0.152. The molecule has 0 unspecified atom stereocenters. The van der Waals surface area contributed by atoms with Gasteiger partial charge in [0, 0.05) is 28.8 Å². The van der Waals surface area contributed by atoms with Crippen molar-refractivity contribution in [3.63, 3.8) is 0 Å². The highest BCUT2D eigenvalue weighted by Crippen LogP contribution is 2.32. The summed E-state index contributed by atoms with van der Waals surface area (Å²) in [7, 11) is -9.75. The fourth-order valence-electron chi connectivity index (χ4n) is 4.98. The summed E-state index contributed by atoms with van der Waals surface area (Å²) in [4.78, 5) is 23.7. The third-order valence-electron chi connectivity index (χ3n) is 7.39. The van der Waals surface area contributed by atoms with Crippen LogP contribution in [-0.4, -0.2) is 48.9 Å². The van der Waals surface area contributed by atoms with Crippen molar-refractivity contribution < 1.29 is 35.5 Å². The standard InChI is InChI=1S/C34H27N7O8S2/c35-28-19-27(50(44,45)46)16-20-17-31(51(47,48)49)33(34(43)32(20)28)41-39-25-12-8-23(9-13-25)36-22-6-10-24(11-7-22)38-40-29-15-14-26(42)18-30(29)37-21-4-2-1-3-5-21/h1-19,36-39H,35H2,(H,44,45,46)(H,47,48,49)/b40-29-,41-33+. The summed E-state index contributed by atoms with van der Waals surface area (Å²) in [5.41, 5.74) is 14.3. The Bertz CT molecular complexity index is 2440. The number of hydrogen-bond donors (Lipinski definition) is 7. The van der Waals surface area contributed by atoms with Crippen molar-refractivity contribution in [3.05, 3.63) is 131 Å². The van der Waals surface area contributed by atoms with Gasteiger partial charge in [-0.25, -0.2) is 0 Å². The lowest BCUT2D eigenvalue weighted by atomic mass is 9.93. The van der Waals surface area contributed by atoms with Gasteiger partial charge in [0.15, 0.2) is 11.5 Å². The highest BCUT2D eigenvalue weighted by atomic mass is 32.2. The first-order valence-corrected chi connectivity index (χ1v) is 17.7. The van der Waals surface area contributed by atoms with Gasteiger partial charge in [0.1, 0.15) is 10.6 Å². The number of nitrogen functional groups attached to an aromatic ring is 1. The monoisotopic (exact) mass is 725 g/mol. The van der Waals surface area contributed by atoms with Crippen molar-refractivity contribution >= 4 is 83.4 Å². The van der Waals surface area contributed by atoms with Crippen LogP contribution in [0.3, 0.4) is 0 Å². The highest BCUT2D eigenvalue weighted by Gasteiger charge is 2.35. The molecule has 0 atom stereocenters. The van der Waals surface area contributed by atoms with Gasteiger partial charge in [-0.2, -0.15) is 27.0 Å². The number of nitrogens with two attached hydrogens (primary N) is 1. The lowest BCUT2D eigenvalue weighted by Gasteiger charge is -2.18. The van der Waals surface area contributed by atoms with E-state index < -0.39 is 41.5 Å². The molecule has 0 heterocycles. The van der Waals surface area contributed by atoms with E-state index in [4.69, 9.17) is 5.73 Å². The van der Waals surface area contributed by atoms with E-state index in [1.165, 1.54) is 12.2 Å². The van der Waals surface area contributed by atoms with Crippen LogP contribution in [0.4, 0.5) is 34.1 Å². The number of carbonyl (C=O) groups excluding carboxylic acids is 2. The second kappa shape index (κ2) is 13.8. The SMILES string of the molecule is Nc1cc(S(=O)(=O)O)cc2c1C(=O)/C(=N/Nc1ccc(Nc3ccc(N/N=C4/C=CC(=O)C=C4Nc4ccccc4)cc3)cc1)C(S(=O)(=O)O)=C2. The second-order valence-corrected chi connectivity index (χ2v) is 13.8. The Morgan fingerprint density at radius 2 is 1.20 bits per heavy atom. The number of hydrogen-bond acceptors (Lipinski definition) is 13. The van der Waals surface area contributed by atoms with Gasteiger partial charge in [-0.3, -0.25) is 29.5 Å². The van der Waals surface area contributed by atoms with Crippen molar-refractivity contribution in [3.8, 4) is 0 Å². The molecule has 0 radical (unpaired) electrons. The van der Waals surface area contributed by atoms with E-state index in [0.717, 1.165) is 29.6 Å². The molecule has 2 aliphatic rings. The zero-order valence-electron chi connectivity index (χ0n) is 26.1. The number of fused-ring (bicyclic) bond motifs is 1. The Labute approximate surface area is 291 Å². The van der Waals surface area contributed by atoms with Crippen LogP contribution in [-0.2, 0) is 25.0 Å². The number of carbonyl (C=O) groups is 2. The summed E-state index contributed by atoms with van der Waals surface area (Å²) in [5, 5.41) is 14.8. The topological polar surface area (TPSA) is 242 Å². The number of nitrogens with zero attached hydrogens (tertiary/aromatic N) is 2.